The fourth-order valence-electron chi connectivity index (χ4n) is 2.21. The number of nitrogens with zero attached hydrogens (tertiary/aromatic N) is 1. The lowest BCUT2D eigenvalue weighted by atomic mass is 9.91. The third-order valence-corrected chi connectivity index (χ3v) is 4.29. The fraction of sp³-hybridized carbons (Fsp3) is 0.438. The Bertz CT molecular complexity index is 558. The van der Waals surface area contributed by atoms with Gasteiger partial charge < -0.3 is 10.5 Å². The Morgan fingerprint density at radius 2 is 1.90 bits per heavy atom. The van der Waals surface area contributed by atoms with Crippen LogP contribution in [0.2, 0.25) is 0 Å². The highest BCUT2D eigenvalue weighted by molar-refractivity contribution is 7.11. The normalized spacial score (nSPS) is 13.4. The van der Waals surface area contributed by atoms with Gasteiger partial charge in [-0.2, -0.15) is 0 Å². The molecule has 1 atom stereocenters. The molecular weight excluding hydrogens is 268 g/mol. The monoisotopic (exact) mass is 290 g/mol. The van der Waals surface area contributed by atoms with E-state index in [0.717, 1.165) is 21.1 Å². The number of benzene rings is 1. The molecule has 4 heteroatoms. The first-order valence-electron chi connectivity index (χ1n) is 6.75. The Morgan fingerprint density at radius 1 is 1.25 bits per heavy atom. The van der Waals surface area contributed by atoms with Crippen LogP contribution in [0, 0.1) is 0 Å². The zero-order chi connectivity index (χ0) is 14.8. The largest absolute Gasteiger partial charge is 0.370 e. The molecule has 1 aromatic carbocycles. The molecule has 0 saturated heterocycles. The first-order valence-corrected chi connectivity index (χ1v) is 7.57. The summed E-state index contributed by atoms with van der Waals surface area (Å²) in [6.07, 6.45) is -0.123. The fourth-order valence-corrected chi connectivity index (χ4v) is 3.47. The van der Waals surface area contributed by atoms with Gasteiger partial charge in [0.25, 0.3) is 0 Å². The Balaban J connectivity index is 2.44. The number of rotatable bonds is 4. The minimum Gasteiger partial charge on any atom is -0.370 e. The topological polar surface area (TPSA) is 48.1 Å². The Labute approximate surface area is 124 Å². The second-order valence-electron chi connectivity index (χ2n) is 5.80. The van der Waals surface area contributed by atoms with Gasteiger partial charge in [-0.15, -0.1) is 11.3 Å². The summed E-state index contributed by atoms with van der Waals surface area (Å²) in [4.78, 5) is 5.96. The lowest BCUT2D eigenvalue weighted by Crippen LogP contribution is -2.15. The van der Waals surface area contributed by atoms with E-state index in [4.69, 9.17) is 15.5 Å². The van der Waals surface area contributed by atoms with Gasteiger partial charge in [0, 0.05) is 23.9 Å². The van der Waals surface area contributed by atoms with Crippen molar-refractivity contribution in [1.29, 1.82) is 0 Å². The molecule has 0 aliphatic rings. The molecule has 0 radical (unpaired) electrons. The molecule has 2 aromatic rings. The molecule has 1 aromatic heterocycles. The van der Waals surface area contributed by atoms with Crippen LogP contribution in [0.4, 0.5) is 0 Å². The molecule has 0 bridgehead atoms. The Hall–Kier alpha value is -1.23. The molecule has 0 aliphatic heterocycles. The van der Waals surface area contributed by atoms with Crippen molar-refractivity contribution in [3.05, 3.63) is 51.5 Å². The maximum absolute atomic E-state index is 5.87. The van der Waals surface area contributed by atoms with Crippen LogP contribution in [0.3, 0.4) is 0 Å². The van der Waals surface area contributed by atoms with E-state index in [1.807, 2.05) is 18.2 Å². The predicted octanol–water partition coefficient (Wildman–Crippen LogP) is 3.64. The maximum Gasteiger partial charge on any atom is 0.134 e. The Kier molecular flexibility index (Phi) is 4.58. The average Bonchev–Trinajstić information content (AvgIpc) is 2.85. The lowest BCUT2D eigenvalue weighted by molar-refractivity contribution is 0.136. The van der Waals surface area contributed by atoms with E-state index >= 15 is 0 Å². The quantitative estimate of drug-likeness (QED) is 0.935. The number of hydrogen-bond acceptors (Lipinski definition) is 4. The second-order valence-corrected chi connectivity index (χ2v) is 6.92. The van der Waals surface area contributed by atoms with Crippen LogP contribution >= 0.6 is 11.3 Å². The van der Waals surface area contributed by atoms with Crippen LogP contribution in [0.5, 0.6) is 0 Å². The summed E-state index contributed by atoms with van der Waals surface area (Å²) in [6.45, 7) is 7.01. The summed E-state index contributed by atoms with van der Waals surface area (Å²) in [5, 5.41) is 0.976. The highest BCUT2D eigenvalue weighted by Crippen LogP contribution is 2.35. The van der Waals surface area contributed by atoms with Gasteiger partial charge in [-0.25, -0.2) is 4.98 Å². The van der Waals surface area contributed by atoms with E-state index in [1.54, 1.807) is 18.4 Å². The van der Waals surface area contributed by atoms with Gasteiger partial charge in [-0.3, -0.25) is 0 Å². The van der Waals surface area contributed by atoms with Crippen LogP contribution in [0.25, 0.3) is 0 Å². The van der Waals surface area contributed by atoms with E-state index in [1.165, 1.54) is 0 Å². The summed E-state index contributed by atoms with van der Waals surface area (Å²) in [5.74, 6) is 0. The van der Waals surface area contributed by atoms with Crippen molar-refractivity contribution >= 4 is 11.3 Å². The number of nitrogens with two attached hydrogens (primary N) is 1. The molecular formula is C16H22N2OS. The van der Waals surface area contributed by atoms with E-state index in [0.29, 0.717) is 6.54 Å². The molecule has 0 fully saturated rings. The minimum atomic E-state index is -0.123. The van der Waals surface area contributed by atoms with Crippen molar-refractivity contribution in [2.45, 2.75) is 38.8 Å². The minimum absolute atomic E-state index is 0.00155. The van der Waals surface area contributed by atoms with Gasteiger partial charge in [0.2, 0.25) is 0 Å². The van der Waals surface area contributed by atoms with Crippen molar-refractivity contribution < 1.29 is 4.74 Å². The van der Waals surface area contributed by atoms with Gasteiger partial charge in [-0.05, 0) is 5.56 Å². The van der Waals surface area contributed by atoms with Gasteiger partial charge in [0.05, 0.1) is 5.69 Å². The first kappa shape index (κ1) is 15.2. The number of thiazole rings is 1. The Morgan fingerprint density at radius 3 is 2.35 bits per heavy atom. The molecule has 0 amide bonds. The van der Waals surface area contributed by atoms with E-state index < -0.39 is 0 Å². The van der Waals surface area contributed by atoms with E-state index in [9.17, 15) is 0 Å². The van der Waals surface area contributed by atoms with Gasteiger partial charge in [-0.1, -0.05) is 51.1 Å². The zero-order valence-corrected chi connectivity index (χ0v) is 13.3. The molecule has 1 heterocycles. The van der Waals surface area contributed by atoms with Crippen molar-refractivity contribution in [1.82, 2.24) is 4.98 Å². The van der Waals surface area contributed by atoms with Crippen LogP contribution in [0.15, 0.2) is 30.3 Å². The molecule has 2 rings (SSSR count). The third kappa shape index (κ3) is 3.08. The summed E-state index contributed by atoms with van der Waals surface area (Å²) >= 11 is 1.65. The van der Waals surface area contributed by atoms with Crippen LogP contribution in [-0.2, 0) is 16.7 Å². The van der Waals surface area contributed by atoms with Crippen molar-refractivity contribution in [3.63, 3.8) is 0 Å². The number of aromatic nitrogens is 1. The van der Waals surface area contributed by atoms with E-state index in [-0.39, 0.29) is 11.5 Å². The molecule has 2 N–H and O–H groups in total. The number of methoxy groups -OCH3 is 1. The summed E-state index contributed by atoms with van der Waals surface area (Å²) < 4.78 is 5.66. The molecule has 1 unspecified atom stereocenters. The van der Waals surface area contributed by atoms with Crippen LogP contribution in [0.1, 0.15) is 48.0 Å². The highest BCUT2D eigenvalue weighted by atomic mass is 32.1. The first-order chi connectivity index (χ1) is 9.47. The maximum atomic E-state index is 5.87. The zero-order valence-electron chi connectivity index (χ0n) is 12.5. The standard InChI is InChI=1S/C16H22N2OS/c1-16(2,3)14-12(10-17)20-15(18-14)13(19-4)11-8-6-5-7-9-11/h5-9,13H,10,17H2,1-4H3. The number of hydrogen-bond donors (Lipinski definition) is 1. The summed E-state index contributed by atoms with van der Waals surface area (Å²) in [7, 11) is 1.72. The lowest BCUT2D eigenvalue weighted by Gasteiger charge is -2.17. The van der Waals surface area contributed by atoms with Gasteiger partial charge in [0.1, 0.15) is 11.1 Å². The molecule has 108 valence electrons. The summed E-state index contributed by atoms with van der Waals surface area (Å²) in [6, 6.07) is 10.2. The molecule has 0 saturated carbocycles. The van der Waals surface area contributed by atoms with Crippen LogP contribution < -0.4 is 5.73 Å². The predicted molar refractivity (Wildman–Crippen MR) is 84.0 cm³/mol. The molecule has 3 nitrogen and oxygen atoms in total. The summed E-state index contributed by atoms with van der Waals surface area (Å²) in [5.41, 5.74) is 8.07. The SMILES string of the molecule is COC(c1ccccc1)c1nc(C(C)(C)C)c(CN)s1. The second kappa shape index (κ2) is 6.04. The average molecular weight is 290 g/mol. The molecule has 20 heavy (non-hydrogen) atoms. The van der Waals surface area contributed by atoms with E-state index in [2.05, 4.69) is 32.9 Å². The smallest absolute Gasteiger partial charge is 0.134 e. The van der Waals surface area contributed by atoms with Gasteiger partial charge in [0.15, 0.2) is 0 Å². The third-order valence-electron chi connectivity index (χ3n) is 3.17. The molecule has 0 spiro atoms. The molecule has 0 aliphatic carbocycles. The van der Waals surface area contributed by atoms with Crippen molar-refractivity contribution in [2.24, 2.45) is 5.73 Å². The van der Waals surface area contributed by atoms with Crippen molar-refractivity contribution in [2.75, 3.05) is 7.11 Å². The van der Waals surface area contributed by atoms with Gasteiger partial charge >= 0.3 is 0 Å². The highest BCUT2D eigenvalue weighted by Gasteiger charge is 2.26. The van der Waals surface area contributed by atoms with Crippen molar-refractivity contribution in [3.8, 4) is 0 Å². The number of ether oxygens (including phenoxy) is 1. The van der Waals surface area contributed by atoms with Crippen LogP contribution in [-0.4, -0.2) is 12.1 Å².